The van der Waals surface area contributed by atoms with E-state index in [9.17, 15) is 19.1 Å². The molecule has 8 heteroatoms. The van der Waals surface area contributed by atoms with Gasteiger partial charge in [0, 0.05) is 18.7 Å². The number of aromatic amines is 1. The Morgan fingerprint density at radius 1 is 1.48 bits per heavy atom. The zero-order chi connectivity index (χ0) is 18.0. The molecule has 0 saturated carbocycles. The highest BCUT2D eigenvalue weighted by atomic mass is 19.1. The summed E-state index contributed by atoms with van der Waals surface area (Å²) in [6.45, 7) is 1.89. The number of hydrogen-bond acceptors (Lipinski definition) is 5. The summed E-state index contributed by atoms with van der Waals surface area (Å²) in [7, 11) is 0. The molecule has 0 radical (unpaired) electrons. The molecular formula is C17H18FN3O4. The van der Waals surface area contributed by atoms with E-state index in [1.165, 1.54) is 23.1 Å². The number of β-amino-alcohol motifs (C(OH)–C–C–N with tert-alkyl or cyclic N) is 1. The lowest BCUT2D eigenvalue weighted by Gasteiger charge is -2.23. The normalized spacial score (nSPS) is 19.9. The smallest absolute Gasteiger partial charge is 0.272 e. The van der Waals surface area contributed by atoms with E-state index >= 15 is 0 Å². The predicted octanol–water partition coefficient (Wildman–Crippen LogP) is 0.873. The van der Waals surface area contributed by atoms with E-state index in [1.807, 2.05) is 0 Å². The Hall–Kier alpha value is -2.74. The number of nitrogens with one attached hydrogen (secondary N) is 1. The maximum Gasteiger partial charge on any atom is 0.272 e. The van der Waals surface area contributed by atoms with Crippen molar-refractivity contribution in [1.82, 2.24) is 14.9 Å². The van der Waals surface area contributed by atoms with Crippen molar-refractivity contribution in [3.63, 3.8) is 0 Å². The number of halogens is 1. The molecule has 3 rings (SSSR count). The Labute approximate surface area is 143 Å². The summed E-state index contributed by atoms with van der Waals surface area (Å²) in [5.74, 6) is -0.191. The van der Waals surface area contributed by atoms with Gasteiger partial charge in [-0.2, -0.15) is 0 Å². The number of H-pyrrole nitrogens is 1. The van der Waals surface area contributed by atoms with Gasteiger partial charge in [-0.1, -0.05) is 6.07 Å². The van der Waals surface area contributed by atoms with Crippen molar-refractivity contribution in [2.75, 3.05) is 19.7 Å². The first-order valence-electron chi connectivity index (χ1n) is 7.83. The SMILES string of the molecule is Cc1nc(C(=O)N2CCC(O)(COc3cccc(F)c3)C2)cc(=O)[nH]1. The predicted molar refractivity (Wildman–Crippen MR) is 87.0 cm³/mol. The first-order valence-corrected chi connectivity index (χ1v) is 7.83. The molecule has 1 fully saturated rings. The topological polar surface area (TPSA) is 95.5 Å². The second kappa shape index (κ2) is 6.64. The summed E-state index contributed by atoms with van der Waals surface area (Å²) in [6.07, 6.45) is 0.316. The molecule has 132 valence electrons. The molecule has 2 aromatic rings. The number of carbonyl (C=O) groups excluding carboxylic acids is 1. The highest BCUT2D eigenvalue weighted by Gasteiger charge is 2.39. The van der Waals surface area contributed by atoms with Crippen LogP contribution in [0.1, 0.15) is 22.7 Å². The zero-order valence-corrected chi connectivity index (χ0v) is 13.7. The minimum Gasteiger partial charge on any atom is -0.490 e. The lowest BCUT2D eigenvalue weighted by molar-refractivity contribution is 0.00416. The monoisotopic (exact) mass is 347 g/mol. The van der Waals surface area contributed by atoms with Gasteiger partial charge in [-0.15, -0.1) is 0 Å². The van der Waals surface area contributed by atoms with Crippen molar-refractivity contribution in [2.45, 2.75) is 18.9 Å². The number of rotatable bonds is 4. The Morgan fingerprint density at radius 3 is 3.00 bits per heavy atom. The van der Waals surface area contributed by atoms with Crippen molar-refractivity contribution in [2.24, 2.45) is 0 Å². The van der Waals surface area contributed by atoms with Crippen LogP contribution in [-0.2, 0) is 0 Å². The minimum atomic E-state index is -1.24. The summed E-state index contributed by atoms with van der Waals surface area (Å²) < 4.78 is 18.6. The summed E-state index contributed by atoms with van der Waals surface area (Å²) in [4.78, 5) is 31.9. The summed E-state index contributed by atoms with van der Waals surface area (Å²) in [5, 5.41) is 10.6. The fraction of sp³-hybridized carbons (Fsp3) is 0.353. The Kier molecular flexibility index (Phi) is 4.54. The van der Waals surface area contributed by atoms with E-state index in [2.05, 4.69) is 9.97 Å². The van der Waals surface area contributed by atoms with E-state index in [4.69, 9.17) is 4.74 Å². The first kappa shape index (κ1) is 17.1. The molecule has 1 unspecified atom stereocenters. The van der Waals surface area contributed by atoms with Crippen molar-refractivity contribution in [1.29, 1.82) is 0 Å². The van der Waals surface area contributed by atoms with Gasteiger partial charge in [-0.05, 0) is 25.5 Å². The van der Waals surface area contributed by atoms with E-state index < -0.39 is 22.9 Å². The van der Waals surface area contributed by atoms with Gasteiger partial charge in [0.1, 0.15) is 35.3 Å². The molecule has 2 heterocycles. The van der Waals surface area contributed by atoms with Gasteiger partial charge in [0.25, 0.3) is 11.5 Å². The van der Waals surface area contributed by atoms with Crippen LogP contribution in [0.4, 0.5) is 4.39 Å². The third kappa shape index (κ3) is 4.03. The van der Waals surface area contributed by atoms with Gasteiger partial charge in [0.15, 0.2) is 0 Å². The first-order chi connectivity index (χ1) is 11.8. The molecule has 1 amide bonds. The highest BCUT2D eigenvalue weighted by Crippen LogP contribution is 2.24. The Bertz CT molecular complexity index is 854. The highest BCUT2D eigenvalue weighted by molar-refractivity contribution is 5.92. The van der Waals surface area contributed by atoms with Crippen molar-refractivity contribution >= 4 is 5.91 Å². The molecule has 1 aromatic heterocycles. The molecule has 25 heavy (non-hydrogen) atoms. The average molecular weight is 347 g/mol. The summed E-state index contributed by atoms with van der Waals surface area (Å²) in [6, 6.07) is 6.77. The number of benzene rings is 1. The quantitative estimate of drug-likeness (QED) is 0.856. The fourth-order valence-electron chi connectivity index (χ4n) is 2.77. The van der Waals surface area contributed by atoms with Crippen LogP contribution >= 0.6 is 0 Å². The van der Waals surface area contributed by atoms with Crippen LogP contribution in [0.5, 0.6) is 5.75 Å². The second-order valence-electron chi connectivity index (χ2n) is 6.16. The average Bonchev–Trinajstić information content (AvgIpc) is 2.94. The Balaban J connectivity index is 1.65. The number of carbonyl (C=O) groups is 1. The largest absolute Gasteiger partial charge is 0.490 e. The van der Waals surface area contributed by atoms with Gasteiger partial charge in [-0.25, -0.2) is 9.37 Å². The van der Waals surface area contributed by atoms with Crippen LogP contribution in [0.2, 0.25) is 0 Å². The van der Waals surface area contributed by atoms with Crippen LogP contribution < -0.4 is 10.3 Å². The third-order valence-electron chi connectivity index (χ3n) is 4.00. The van der Waals surface area contributed by atoms with Crippen molar-refractivity contribution in [3.05, 3.63) is 58.0 Å². The standard InChI is InChI=1S/C17H18FN3O4/c1-11-19-14(8-15(22)20-11)16(23)21-6-5-17(24,9-21)10-25-13-4-2-3-12(18)7-13/h2-4,7-8,24H,5-6,9-10H2,1H3,(H,19,20,22). The molecule has 1 saturated heterocycles. The molecule has 2 N–H and O–H groups in total. The van der Waals surface area contributed by atoms with Gasteiger partial charge in [0.2, 0.25) is 0 Å². The maximum absolute atomic E-state index is 13.2. The van der Waals surface area contributed by atoms with E-state index in [-0.39, 0.29) is 18.8 Å². The van der Waals surface area contributed by atoms with Crippen LogP contribution in [0, 0.1) is 12.7 Å². The minimum absolute atomic E-state index is 0.0385. The van der Waals surface area contributed by atoms with E-state index in [0.29, 0.717) is 24.5 Å². The number of aliphatic hydroxyl groups is 1. The zero-order valence-electron chi connectivity index (χ0n) is 13.7. The Morgan fingerprint density at radius 2 is 2.28 bits per heavy atom. The summed E-state index contributed by atoms with van der Waals surface area (Å²) in [5.41, 5.74) is -1.60. The molecule has 0 spiro atoms. The lowest BCUT2D eigenvalue weighted by atomic mass is 10.1. The van der Waals surface area contributed by atoms with Crippen LogP contribution in [-0.4, -0.2) is 51.2 Å². The van der Waals surface area contributed by atoms with Crippen LogP contribution in [0.25, 0.3) is 0 Å². The van der Waals surface area contributed by atoms with Gasteiger partial charge in [0.05, 0.1) is 6.54 Å². The third-order valence-corrected chi connectivity index (χ3v) is 4.00. The molecule has 1 aliphatic rings. The van der Waals surface area contributed by atoms with Crippen LogP contribution in [0.15, 0.2) is 35.1 Å². The van der Waals surface area contributed by atoms with Crippen molar-refractivity contribution in [3.8, 4) is 5.75 Å². The molecule has 1 atom stereocenters. The molecular weight excluding hydrogens is 329 g/mol. The fourth-order valence-corrected chi connectivity index (χ4v) is 2.77. The van der Waals surface area contributed by atoms with Gasteiger partial charge in [-0.3, -0.25) is 9.59 Å². The molecule has 0 aliphatic carbocycles. The molecule has 1 aromatic carbocycles. The van der Waals surface area contributed by atoms with E-state index in [1.54, 1.807) is 13.0 Å². The number of ether oxygens (including phenoxy) is 1. The molecule has 7 nitrogen and oxygen atoms in total. The number of aromatic nitrogens is 2. The number of aryl methyl sites for hydroxylation is 1. The number of likely N-dealkylation sites (tertiary alicyclic amines) is 1. The van der Waals surface area contributed by atoms with Crippen molar-refractivity contribution < 1.29 is 19.0 Å². The summed E-state index contributed by atoms with van der Waals surface area (Å²) >= 11 is 0. The van der Waals surface area contributed by atoms with E-state index in [0.717, 1.165) is 6.07 Å². The lowest BCUT2D eigenvalue weighted by Crippen LogP contribution is -2.41. The number of hydrogen-bond donors (Lipinski definition) is 2. The van der Waals surface area contributed by atoms with Gasteiger partial charge >= 0.3 is 0 Å². The molecule has 0 bridgehead atoms. The molecule has 1 aliphatic heterocycles. The number of amides is 1. The van der Waals surface area contributed by atoms with Gasteiger partial charge < -0.3 is 19.7 Å². The van der Waals surface area contributed by atoms with Crippen LogP contribution in [0.3, 0.4) is 0 Å². The maximum atomic E-state index is 13.2. The number of nitrogens with zero attached hydrogens (tertiary/aromatic N) is 2. The second-order valence-corrected chi connectivity index (χ2v) is 6.16.